The molecule has 2 saturated heterocycles. The van der Waals surface area contributed by atoms with Crippen LogP contribution in [0.2, 0.25) is 0 Å². The van der Waals surface area contributed by atoms with Crippen LogP contribution >= 0.6 is 0 Å². The van der Waals surface area contributed by atoms with Gasteiger partial charge in [0.2, 0.25) is 0 Å². The van der Waals surface area contributed by atoms with E-state index < -0.39 is 0 Å². The Morgan fingerprint density at radius 2 is 1.88 bits per heavy atom. The lowest BCUT2D eigenvalue weighted by atomic mass is 9.50. The SMILES string of the molecule is O=C1C[C@@H]2CCC[C@@]34[C@@H]1CCCN3CCC[C@H]24. The van der Waals surface area contributed by atoms with E-state index in [4.69, 9.17) is 0 Å². The van der Waals surface area contributed by atoms with Gasteiger partial charge in [-0.2, -0.15) is 0 Å². The number of piperidine rings is 2. The van der Waals surface area contributed by atoms with Crippen molar-refractivity contribution in [1.29, 1.82) is 0 Å². The molecule has 94 valence electrons. The molecule has 0 radical (unpaired) electrons. The fraction of sp³-hybridized carbons (Fsp3) is 0.933. The summed E-state index contributed by atoms with van der Waals surface area (Å²) in [5.74, 6) is 2.65. The number of hydrogen-bond acceptors (Lipinski definition) is 2. The van der Waals surface area contributed by atoms with Gasteiger partial charge in [0.1, 0.15) is 5.78 Å². The number of nitrogens with zero attached hydrogens (tertiary/aromatic N) is 1. The Labute approximate surface area is 104 Å². The van der Waals surface area contributed by atoms with Gasteiger partial charge >= 0.3 is 0 Å². The molecule has 1 spiro atoms. The lowest BCUT2D eigenvalue weighted by molar-refractivity contribution is -0.167. The first-order valence-corrected chi connectivity index (χ1v) is 7.60. The van der Waals surface area contributed by atoms with Crippen LogP contribution in [0.3, 0.4) is 0 Å². The van der Waals surface area contributed by atoms with E-state index in [0.29, 0.717) is 17.2 Å². The van der Waals surface area contributed by atoms with Crippen molar-refractivity contribution in [2.45, 2.75) is 56.9 Å². The first kappa shape index (κ1) is 10.5. The van der Waals surface area contributed by atoms with E-state index in [1.165, 1.54) is 58.0 Å². The number of carbonyl (C=O) groups excluding carboxylic acids is 1. The third-order valence-electron chi connectivity index (χ3n) is 6.27. The molecule has 2 heterocycles. The molecule has 4 atom stereocenters. The number of rotatable bonds is 0. The van der Waals surface area contributed by atoms with Crippen molar-refractivity contribution in [2.24, 2.45) is 17.8 Å². The molecule has 0 amide bonds. The molecule has 0 aromatic carbocycles. The number of Topliss-reactive ketones (excluding diaryl/α,β-unsaturated/α-hetero) is 1. The van der Waals surface area contributed by atoms with Crippen LogP contribution < -0.4 is 0 Å². The zero-order valence-electron chi connectivity index (χ0n) is 10.7. The maximum Gasteiger partial charge on any atom is 0.138 e. The van der Waals surface area contributed by atoms with Crippen molar-refractivity contribution in [3.05, 3.63) is 0 Å². The highest BCUT2D eigenvalue weighted by atomic mass is 16.1. The predicted molar refractivity (Wildman–Crippen MR) is 66.7 cm³/mol. The standard InChI is InChI=1S/C15H23NO/c17-14-10-11-4-1-7-15-12(11)5-2-8-16(15)9-3-6-13(14)15/h11-13H,1-10H2/t11-,12+,13+,15+/m0/s1. The molecule has 0 N–H and O–H groups in total. The minimum atomic E-state index is 0.342. The summed E-state index contributed by atoms with van der Waals surface area (Å²) in [4.78, 5) is 15.2. The van der Waals surface area contributed by atoms with E-state index in [9.17, 15) is 4.79 Å². The van der Waals surface area contributed by atoms with Gasteiger partial charge in [-0.05, 0) is 63.5 Å². The molecule has 17 heavy (non-hydrogen) atoms. The second-order valence-corrected chi connectivity index (χ2v) is 6.74. The molecule has 4 aliphatic rings. The van der Waals surface area contributed by atoms with Gasteiger partial charge in [0, 0.05) is 17.9 Å². The monoisotopic (exact) mass is 233 g/mol. The number of carbonyl (C=O) groups is 1. The summed E-state index contributed by atoms with van der Waals surface area (Å²) in [5.41, 5.74) is 0.342. The van der Waals surface area contributed by atoms with E-state index in [-0.39, 0.29) is 0 Å². The summed E-state index contributed by atoms with van der Waals surface area (Å²) < 4.78 is 0. The zero-order chi connectivity index (χ0) is 11.5. The fourth-order valence-electron chi connectivity index (χ4n) is 5.82. The Balaban J connectivity index is 1.82. The van der Waals surface area contributed by atoms with Gasteiger partial charge in [-0.15, -0.1) is 0 Å². The highest BCUT2D eigenvalue weighted by molar-refractivity contribution is 5.84. The van der Waals surface area contributed by atoms with Crippen molar-refractivity contribution in [1.82, 2.24) is 4.90 Å². The molecule has 2 saturated carbocycles. The van der Waals surface area contributed by atoms with E-state index in [1.54, 1.807) is 0 Å². The van der Waals surface area contributed by atoms with Crippen molar-refractivity contribution < 1.29 is 4.79 Å². The van der Waals surface area contributed by atoms with Gasteiger partial charge in [0.05, 0.1) is 0 Å². The molecule has 0 aromatic heterocycles. The maximum absolute atomic E-state index is 12.4. The Bertz CT molecular complexity index is 351. The summed E-state index contributed by atoms with van der Waals surface area (Å²) in [6, 6.07) is 0. The average molecular weight is 233 g/mol. The van der Waals surface area contributed by atoms with Gasteiger partial charge in [-0.3, -0.25) is 9.69 Å². The van der Waals surface area contributed by atoms with Gasteiger partial charge in [0.25, 0.3) is 0 Å². The van der Waals surface area contributed by atoms with Crippen LogP contribution in [0.1, 0.15) is 51.4 Å². The third-order valence-corrected chi connectivity index (χ3v) is 6.27. The van der Waals surface area contributed by atoms with Crippen molar-refractivity contribution >= 4 is 5.78 Å². The molecular formula is C15H23NO. The molecule has 4 fully saturated rings. The van der Waals surface area contributed by atoms with Crippen molar-refractivity contribution in [3.63, 3.8) is 0 Å². The summed E-state index contributed by atoms with van der Waals surface area (Å²) in [7, 11) is 0. The van der Waals surface area contributed by atoms with E-state index in [2.05, 4.69) is 4.90 Å². The van der Waals surface area contributed by atoms with Gasteiger partial charge in [-0.25, -0.2) is 0 Å². The second kappa shape index (κ2) is 3.57. The van der Waals surface area contributed by atoms with Crippen LogP contribution in [0.4, 0.5) is 0 Å². The Morgan fingerprint density at radius 1 is 1.06 bits per heavy atom. The molecule has 2 aliphatic heterocycles. The Hall–Kier alpha value is -0.370. The minimum Gasteiger partial charge on any atom is -0.299 e. The number of hydrogen-bond donors (Lipinski definition) is 0. The van der Waals surface area contributed by atoms with Crippen LogP contribution in [-0.4, -0.2) is 29.3 Å². The summed E-state index contributed by atoms with van der Waals surface area (Å²) >= 11 is 0. The summed E-state index contributed by atoms with van der Waals surface area (Å²) in [6.07, 6.45) is 10.2. The molecule has 2 aliphatic carbocycles. The summed E-state index contributed by atoms with van der Waals surface area (Å²) in [5, 5.41) is 0. The minimum absolute atomic E-state index is 0.342. The Kier molecular flexibility index (Phi) is 2.21. The second-order valence-electron chi connectivity index (χ2n) is 6.74. The average Bonchev–Trinajstić information content (AvgIpc) is 2.34. The third kappa shape index (κ3) is 1.23. The molecule has 0 aromatic rings. The quantitative estimate of drug-likeness (QED) is 0.641. The van der Waals surface area contributed by atoms with Crippen LogP contribution in [0.15, 0.2) is 0 Å². The first-order chi connectivity index (χ1) is 8.32. The van der Waals surface area contributed by atoms with Crippen molar-refractivity contribution in [3.8, 4) is 0 Å². The van der Waals surface area contributed by atoms with Crippen LogP contribution in [0, 0.1) is 17.8 Å². The van der Waals surface area contributed by atoms with E-state index >= 15 is 0 Å². The molecule has 4 rings (SSSR count). The van der Waals surface area contributed by atoms with Gasteiger partial charge in [-0.1, -0.05) is 6.42 Å². The topological polar surface area (TPSA) is 20.3 Å². The molecule has 2 bridgehead atoms. The molecule has 0 unspecified atom stereocenters. The van der Waals surface area contributed by atoms with E-state index in [1.807, 2.05) is 0 Å². The lowest BCUT2D eigenvalue weighted by Crippen LogP contribution is -2.70. The van der Waals surface area contributed by atoms with E-state index in [0.717, 1.165) is 18.3 Å². The van der Waals surface area contributed by atoms with Gasteiger partial charge in [0.15, 0.2) is 0 Å². The number of ketones is 1. The van der Waals surface area contributed by atoms with Crippen LogP contribution in [0.25, 0.3) is 0 Å². The summed E-state index contributed by atoms with van der Waals surface area (Å²) in [6.45, 7) is 2.54. The molecule has 2 heteroatoms. The highest BCUT2D eigenvalue weighted by Crippen LogP contribution is 2.57. The predicted octanol–water partition coefficient (Wildman–Crippen LogP) is 2.62. The maximum atomic E-state index is 12.4. The normalized spacial score (nSPS) is 49.9. The van der Waals surface area contributed by atoms with Crippen LogP contribution in [-0.2, 0) is 4.79 Å². The largest absolute Gasteiger partial charge is 0.299 e. The lowest BCUT2D eigenvalue weighted by Gasteiger charge is -2.64. The van der Waals surface area contributed by atoms with Crippen LogP contribution in [0.5, 0.6) is 0 Å². The zero-order valence-corrected chi connectivity index (χ0v) is 10.7. The molecular weight excluding hydrogens is 210 g/mol. The molecule has 2 nitrogen and oxygen atoms in total. The Morgan fingerprint density at radius 3 is 2.76 bits per heavy atom. The van der Waals surface area contributed by atoms with Gasteiger partial charge < -0.3 is 0 Å². The first-order valence-electron chi connectivity index (χ1n) is 7.60. The highest BCUT2D eigenvalue weighted by Gasteiger charge is 2.60. The fourth-order valence-corrected chi connectivity index (χ4v) is 5.82. The smallest absolute Gasteiger partial charge is 0.138 e. The van der Waals surface area contributed by atoms with Crippen molar-refractivity contribution in [2.75, 3.05) is 13.1 Å².